The molecule has 0 aliphatic heterocycles. The number of aryl methyl sites for hydroxylation is 2. The lowest BCUT2D eigenvalue weighted by Crippen LogP contribution is -2.26. The van der Waals surface area contributed by atoms with E-state index in [0.717, 1.165) is 16.1 Å². The van der Waals surface area contributed by atoms with E-state index in [2.05, 4.69) is 0 Å². The molecular formula is C13H16Cl2O. The number of ketones is 1. The van der Waals surface area contributed by atoms with Crippen LogP contribution in [-0.4, -0.2) is 11.7 Å². The molecule has 88 valence electrons. The maximum atomic E-state index is 12.2. The van der Waals surface area contributed by atoms with Crippen LogP contribution in [-0.2, 0) is 0 Å². The molecule has 1 aromatic carbocycles. The Morgan fingerprint density at radius 2 is 1.69 bits per heavy atom. The normalized spacial score (nSPS) is 11.6. The number of rotatable bonds is 3. The topological polar surface area (TPSA) is 17.1 Å². The van der Waals surface area contributed by atoms with Crippen molar-refractivity contribution in [2.45, 2.75) is 27.7 Å². The Labute approximate surface area is 107 Å². The van der Waals surface area contributed by atoms with Crippen LogP contribution >= 0.6 is 23.2 Å². The highest BCUT2D eigenvalue weighted by atomic mass is 35.5. The van der Waals surface area contributed by atoms with Crippen molar-refractivity contribution in [3.63, 3.8) is 0 Å². The molecule has 0 radical (unpaired) electrons. The Hall–Kier alpha value is -0.530. The van der Waals surface area contributed by atoms with Gasteiger partial charge in [-0.25, -0.2) is 0 Å². The van der Waals surface area contributed by atoms with Gasteiger partial charge in [-0.15, -0.1) is 11.6 Å². The van der Waals surface area contributed by atoms with Crippen LogP contribution in [0.2, 0.25) is 5.02 Å². The average Bonchev–Trinajstić information content (AvgIpc) is 2.24. The van der Waals surface area contributed by atoms with Crippen molar-refractivity contribution in [3.05, 3.63) is 33.8 Å². The molecule has 0 amide bonds. The van der Waals surface area contributed by atoms with Gasteiger partial charge in [-0.3, -0.25) is 4.79 Å². The fourth-order valence-corrected chi connectivity index (χ4v) is 1.76. The number of carbonyl (C=O) groups is 1. The van der Waals surface area contributed by atoms with Crippen molar-refractivity contribution in [2.75, 3.05) is 5.88 Å². The number of hydrogen-bond acceptors (Lipinski definition) is 1. The van der Waals surface area contributed by atoms with Gasteiger partial charge in [0.2, 0.25) is 0 Å². The highest BCUT2D eigenvalue weighted by Crippen LogP contribution is 2.27. The summed E-state index contributed by atoms with van der Waals surface area (Å²) in [6.45, 7) is 7.50. The minimum atomic E-state index is -0.533. The fraction of sp³-hybridized carbons (Fsp3) is 0.462. The van der Waals surface area contributed by atoms with Crippen LogP contribution < -0.4 is 0 Å². The molecule has 0 heterocycles. The smallest absolute Gasteiger partial charge is 0.169 e. The lowest BCUT2D eigenvalue weighted by Gasteiger charge is -2.20. The second-order valence-electron chi connectivity index (χ2n) is 4.77. The van der Waals surface area contributed by atoms with Crippen LogP contribution in [0.3, 0.4) is 0 Å². The third-order valence-corrected chi connectivity index (χ3v) is 3.91. The van der Waals surface area contributed by atoms with E-state index in [9.17, 15) is 4.79 Å². The van der Waals surface area contributed by atoms with Gasteiger partial charge in [0.25, 0.3) is 0 Å². The van der Waals surface area contributed by atoms with E-state index in [-0.39, 0.29) is 5.78 Å². The zero-order chi connectivity index (χ0) is 12.5. The third-order valence-electron chi connectivity index (χ3n) is 2.65. The summed E-state index contributed by atoms with van der Waals surface area (Å²) in [5.41, 5.74) is 2.00. The van der Waals surface area contributed by atoms with Crippen molar-refractivity contribution in [1.82, 2.24) is 0 Å². The summed E-state index contributed by atoms with van der Waals surface area (Å²) in [6, 6.07) is 3.65. The molecule has 0 saturated heterocycles. The minimum Gasteiger partial charge on any atom is -0.294 e. The van der Waals surface area contributed by atoms with E-state index in [4.69, 9.17) is 23.2 Å². The van der Waals surface area contributed by atoms with Crippen molar-refractivity contribution in [2.24, 2.45) is 5.41 Å². The Bertz CT molecular complexity index is 399. The molecule has 3 heteroatoms. The SMILES string of the molecule is Cc1cc(C(=O)C(C)(C)CCl)cc(C)c1Cl. The van der Waals surface area contributed by atoms with E-state index in [1.54, 1.807) is 0 Å². The number of Topliss-reactive ketones (excluding diaryl/α,β-unsaturated/α-hetero) is 1. The maximum absolute atomic E-state index is 12.2. The largest absolute Gasteiger partial charge is 0.294 e. The molecule has 0 aromatic heterocycles. The summed E-state index contributed by atoms with van der Waals surface area (Å²) in [5.74, 6) is 0.373. The molecule has 0 aliphatic carbocycles. The van der Waals surface area contributed by atoms with Gasteiger partial charge in [0.05, 0.1) is 0 Å². The van der Waals surface area contributed by atoms with Gasteiger partial charge in [-0.05, 0) is 37.1 Å². The summed E-state index contributed by atoms with van der Waals surface area (Å²) < 4.78 is 0. The first-order chi connectivity index (χ1) is 7.29. The first kappa shape index (κ1) is 13.5. The number of benzene rings is 1. The Morgan fingerprint density at radius 1 is 1.25 bits per heavy atom. The highest BCUT2D eigenvalue weighted by molar-refractivity contribution is 6.32. The molecule has 0 aliphatic rings. The van der Waals surface area contributed by atoms with E-state index < -0.39 is 5.41 Å². The van der Waals surface area contributed by atoms with Gasteiger partial charge in [0, 0.05) is 21.9 Å². The quantitative estimate of drug-likeness (QED) is 0.580. The second kappa shape index (κ2) is 4.77. The minimum absolute atomic E-state index is 0.0605. The summed E-state index contributed by atoms with van der Waals surface area (Å²) in [7, 11) is 0. The van der Waals surface area contributed by atoms with E-state index in [1.165, 1.54) is 0 Å². The Balaban J connectivity index is 3.21. The van der Waals surface area contributed by atoms with Gasteiger partial charge in [0.15, 0.2) is 5.78 Å². The maximum Gasteiger partial charge on any atom is 0.169 e. The average molecular weight is 259 g/mol. The van der Waals surface area contributed by atoms with Gasteiger partial charge in [-0.1, -0.05) is 25.4 Å². The van der Waals surface area contributed by atoms with Crippen LogP contribution in [0.4, 0.5) is 0 Å². The Morgan fingerprint density at radius 3 is 2.06 bits per heavy atom. The molecule has 1 rings (SSSR count). The van der Waals surface area contributed by atoms with Crippen molar-refractivity contribution < 1.29 is 4.79 Å². The third kappa shape index (κ3) is 2.58. The molecule has 1 nitrogen and oxygen atoms in total. The van der Waals surface area contributed by atoms with Crippen LogP contribution in [0.15, 0.2) is 12.1 Å². The lowest BCUT2D eigenvalue weighted by atomic mass is 9.85. The predicted molar refractivity (Wildman–Crippen MR) is 69.8 cm³/mol. The van der Waals surface area contributed by atoms with E-state index >= 15 is 0 Å². The molecular weight excluding hydrogens is 243 g/mol. The zero-order valence-electron chi connectivity index (χ0n) is 10.0. The molecule has 0 unspecified atom stereocenters. The summed E-state index contributed by atoms with van der Waals surface area (Å²) >= 11 is 11.9. The Kier molecular flexibility index (Phi) is 4.03. The van der Waals surface area contributed by atoms with E-state index in [0.29, 0.717) is 11.4 Å². The molecule has 1 aromatic rings. The van der Waals surface area contributed by atoms with Crippen molar-refractivity contribution >= 4 is 29.0 Å². The molecule has 0 atom stereocenters. The first-order valence-corrected chi connectivity index (χ1v) is 6.08. The van der Waals surface area contributed by atoms with Crippen molar-refractivity contribution in [1.29, 1.82) is 0 Å². The van der Waals surface area contributed by atoms with Crippen LogP contribution in [0.5, 0.6) is 0 Å². The van der Waals surface area contributed by atoms with Crippen LogP contribution in [0.1, 0.15) is 35.3 Å². The molecule has 0 fully saturated rings. The number of halogens is 2. The summed E-state index contributed by atoms with van der Waals surface area (Å²) in [6.07, 6.45) is 0. The van der Waals surface area contributed by atoms with Crippen LogP contribution in [0, 0.1) is 19.3 Å². The standard InChI is InChI=1S/C13H16Cl2O/c1-8-5-10(6-9(2)11(8)15)12(16)13(3,4)7-14/h5-6H,7H2,1-4H3. The van der Waals surface area contributed by atoms with Gasteiger partial charge in [0.1, 0.15) is 0 Å². The molecule has 16 heavy (non-hydrogen) atoms. The number of carbonyl (C=O) groups excluding carboxylic acids is 1. The number of alkyl halides is 1. The van der Waals surface area contributed by atoms with Gasteiger partial charge < -0.3 is 0 Å². The summed E-state index contributed by atoms with van der Waals surface area (Å²) in [5, 5.41) is 0.722. The molecule has 0 bridgehead atoms. The summed E-state index contributed by atoms with van der Waals surface area (Å²) in [4.78, 5) is 12.2. The fourth-order valence-electron chi connectivity index (χ4n) is 1.53. The van der Waals surface area contributed by atoms with Crippen molar-refractivity contribution in [3.8, 4) is 0 Å². The molecule has 0 spiro atoms. The lowest BCUT2D eigenvalue weighted by molar-refractivity contribution is 0.0862. The van der Waals surface area contributed by atoms with E-state index in [1.807, 2.05) is 39.8 Å². The zero-order valence-corrected chi connectivity index (χ0v) is 11.5. The van der Waals surface area contributed by atoms with Crippen LogP contribution in [0.25, 0.3) is 0 Å². The number of hydrogen-bond donors (Lipinski definition) is 0. The molecule has 0 N–H and O–H groups in total. The second-order valence-corrected chi connectivity index (χ2v) is 5.42. The molecule has 0 saturated carbocycles. The monoisotopic (exact) mass is 258 g/mol. The van der Waals surface area contributed by atoms with Gasteiger partial charge in [-0.2, -0.15) is 0 Å². The first-order valence-electron chi connectivity index (χ1n) is 5.17. The predicted octanol–water partition coefficient (Wildman–Crippen LogP) is 4.40. The highest BCUT2D eigenvalue weighted by Gasteiger charge is 2.28. The van der Waals surface area contributed by atoms with Gasteiger partial charge >= 0.3 is 0 Å².